The van der Waals surface area contributed by atoms with Crippen molar-refractivity contribution >= 4 is 29.3 Å². The second-order valence-corrected chi connectivity index (χ2v) is 7.52. The van der Waals surface area contributed by atoms with Crippen molar-refractivity contribution in [3.8, 4) is 11.5 Å². The number of nitrogens with zero attached hydrogens (tertiary/aromatic N) is 2. The minimum absolute atomic E-state index is 0.00316. The molecule has 0 aliphatic carbocycles. The van der Waals surface area contributed by atoms with Crippen LogP contribution in [0.5, 0.6) is 11.5 Å². The molecule has 1 heterocycles. The van der Waals surface area contributed by atoms with Crippen LogP contribution in [0.25, 0.3) is 6.08 Å². The molecule has 0 radical (unpaired) electrons. The van der Waals surface area contributed by atoms with Gasteiger partial charge in [-0.15, -0.1) is 0 Å². The fraction of sp³-hybridized carbons (Fsp3) is 0.292. The van der Waals surface area contributed by atoms with E-state index in [0.29, 0.717) is 31.2 Å². The molecule has 0 atom stereocenters. The number of anilines is 1. The lowest BCUT2D eigenvalue weighted by atomic mass is 10.1. The van der Waals surface area contributed by atoms with Crippen molar-refractivity contribution in [2.75, 3.05) is 44.8 Å². The molecular formula is C24H27ClN2O3. The number of hydrogen-bond acceptors (Lipinski definition) is 4. The number of halogens is 1. The molecule has 0 saturated carbocycles. The summed E-state index contributed by atoms with van der Waals surface area (Å²) in [7, 11) is 1.59. The Kier molecular flexibility index (Phi) is 7.41. The Hall–Kier alpha value is -2.92. The highest BCUT2D eigenvalue weighted by atomic mass is 35.5. The van der Waals surface area contributed by atoms with E-state index in [4.69, 9.17) is 21.1 Å². The first-order valence-electron chi connectivity index (χ1n) is 9.91. The van der Waals surface area contributed by atoms with Crippen LogP contribution in [0.4, 0.5) is 5.69 Å². The van der Waals surface area contributed by atoms with Gasteiger partial charge in [0.15, 0.2) is 11.5 Å². The molecule has 2 aromatic rings. The molecule has 30 heavy (non-hydrogen) atoms. The molecule has 158 valence electrons. The lowest BCUT2D eigenvalue weighted by molar-refractivity contribution is -0.126. The zero-order valence-corrected chi connectivity index (χ0v) is 18.2. The number of rotatable bonds is 7. The molecule has 0 N–H and O–H groups in total. The molecule has 0 unspecified atom stereocenters. The average Bonchev–Trinajstić information content (AvgIpc) is 2.78. The standard InChI is InChI=1S/C24H27ClN2O3/c1-4-15-30-22-9-6-19(16-23(22)29-3)7-10-24(28)27-13-11-26(12-14-27)21-17-20(25)8-5-18(21)2/h4-10,16-17H,1,11-15H2,2-3H3/b10-7+. The molecule has 6 heteroatoms. The highest BCUT2D eigenvalue weighted by Crippen LogP contribution is 2.29. The van der Waals surface area contributed by atoms with E-state index in [-0.39, 0.29) is 5.91 Å². The predicted molar refractivity (Wildman–Crippen MR) is 123 cm³/mol. The Morgan fingerprint density at radius 2 is 1.90 bits per heavy atom. The van der Waals surface area contributed by atoms with Gasteiger partial charge in [0.2, 0.25) is 5.91 Å². The molecule has 5 nitrogen and oxygen atoms in total. The number of methoxy groups -OCH3 is 1. The molecule has 3 rings (SSSR count). The largest absolute Gasteiger partial charge is 0.493 e. The summed E-state index contributed by atoms with van der Waals surface area (Å²) in [6.45, 7) is 9.04. The highest BCUT2D eigenvalue weighted by molar-refractivity contribution is 6.30. The first kappa shape index (κ1) is 21.8. The average molecular weight is 427 g/mol. The maximum atomic E-state index is 12.6. The Labute approximate surface area is 183 Å². The van der Waals surface area contributed by atoms with Crippen LogP contribution in [0.1, 0.15) is 11.1 Å². The van der Waals surface area contributed by atoms with E-state index >= 15 is 0 Å². The highest BCUT2D eigenvalue weighted by Gasteiger charge is 2.21. The monoisotopic (exact) mass is 426 g/mol. The van der Waals surface area contributed by atoms with E-state index < -0.39 is 0 Å². The van der Waals surface area contributed by atoms with Gasteiger partial charge in [0.25, 0.3) is 0 Å². The molecule has 0 aromatic heterocycles. The number of hydrogen-bond donors (Lipinski definition) is 0. The first-order valence-corrected chi connectivity index (χ1v) is 10.3. The number of piperazine rings is 1. The summed E-state index contributed by atoms with van der Waals surface area (Å²) in [4.78, 5) is 16.8. The SMILES string of the molecule is C=CCOc1ccc(/C=C/C(=O)N2CCN(c3cc(Cl)ccc3C)CC2)cc1OC. The minimum atomic E-state index is 0.00316. The van der Waals surface area contributed by atoms with Crippen molar-refractivity contribution in [3.63, 3.8) is 0 Å². The topological polar surface area (TPSA) is 42.0 Å². The quantitative estimate of drug-likeness (QED) is 0.480. The second kappa shape index (κ2) is 10.2. The summed E-state index contributed by atoms with van der Waals surface area (Å²) >= 11 is 6.15. The lowest BCUT2D eigenvalue weighted by Crippen LogP contribution is -2.48. The Bertz CT molecular complexity index is 934. The van der Waals surface area contributed by atoms with Gasteiger partial charge in [0.1, 0.15) is 6.61 Å². The van der Waals surface area contributed by atoms with Crippen molar-refractivity contribution in [1.82, 2.24) is 4.90 Å². The van der Waals surface area contributed by atoms with E-state index in [0.717, 1.165) is 29.4 Å². The summed E-state index contributed by atoms with van der Waals surface area (Å²) in [5.41, 5.74) is 3.20. The fourth-order valence-corrected chi connectivity index (χ4v) is 3.59. The fourth-order valence-electron chi connectivity index (χ4n) is 3.42. The van der Waals surface area contributed by atoms with E-state index in [9.17, 15) is 4.79 Å². The van der Waals surface area contributed by atoms with E-state index in [1.165, 1.54) is 5.56 Å². The predicted octanol–water partition coefficient (Wildman–Crippen LogP) is 4.58. The zero-order chi connectivity index (χ0) is 21.5. The lowest BCUT2D eigenvalue weighted by Gasteiger charge is -2.36. The normalized spacial score (nSPS) is 14.1. The van der Waals surface area contributed by atoms with Gasteiger partial charge in [-0.3, -0.25) is 4.79 Å². The van der Waals surface area contributed by atoms with Crippen molar-refractivity contribution < 1.29 is 14.3 Å². The van der Waals surface area contributed by atoms with E-state index in [1.54, 1.807) is 25.3 Å². The molecule has 0 bridgehead atoms. The van der Waals surface area contributed by atoms with Crippen molar-refractivity contribution in [3.05, 3.63) is 71.3 Å². The Balaban J connectivity index is 1.60. The van der Waals surface area contributed by atoms with Crippen molar-refractivity contribution in [2.24, 2.45) is 0 Å². The number of amides is 1. The summed E-state index contributed by atoms with van der Waals surface area (Å²) in [5.74, 6) is 1.27. The number of aryl methyl sites for hydroxylation is 1. The molecule has 1 aliphatic heterocycles. The summed E-state index contributed by atoms with van der Waals surface area (Å²) in [6, 6.07) is 11.5. The molecule has 1 saturated heterocycles. The molecule has 2 aromatic carbocycles. The molecule has 1 amide bonds. The van der Waals surface area contributed by atoms with Gasteiger partial charge in [-0.05, 0) is 48.4 Å². The van der Waals surface area contributed by atoms with Crippen LogP contribution in [0, 0.1) is 6.92 Å². The summed E-state index contributed by atoms with van der Waals surface area (Å²) in [6.07, 6.45) is 5.09. The molecular weight excluding hydrogens is 400 g/mol. The van der Waals surface area contributed by atoms with Crippen LogP contribution in [0.2, 0.25) is 5.02 Å². The van der Waals surface area contributed by atoms with Gasteiger partial charge < -0.3 is 19.3 Å². The van der Waals surface area contributed by atoms with Crippen LogP contribution in [-0.2, 0) is 4.79 Å². The third-order valence-electron chi connectivity index (χ3n) is 5.07. The third-order valence-corrected chi connectivity index (χ3v) is 5.30. The van der Waals surface area contributed by atoms with Crippen molar-refractivity contribution in [2.45, 2.75) is 6.92 Å². The van der Waals surface area contributed by atoms with Crippen molar-refractivity contribution in [1.29, 1.82) is 0 Å². The second-order valence-electron chi connectivity index (χ2n) is 7.09. The molecule has 1 fully saturated rings. The van der Waals surface area contributed by atoms with Gasteiger partial charge in [-0.25, -0.2) is 0 Å². The third kappa shape index (κ3) is 5.36. The van der Waals surface area contributed by atoms with Gasteiger partial charge in [0, 0.05) is 43.0 Å². The van der Waals surface area contributed by atoms with Gasteiger partial charge in [-0.1, -0.05) is 36.4 Å². The van der Waals surface area contributed by atoms with E-state index in [1.807, 2.05) is 41.3 Å². The smallest absolute Gasteiger partial charge is 0.246 e. The van der Waals surface area contributed by atoms with Gasteiger partial charge in [0.05, 0.1) is 7.11 Å². The number of ether oxygens (including phenoxy) is 2. The van der Waals surface area contributed by atoms with Gasteiger partial charge >= 0.3 is 0 Å². The summed E-state index contributed by atoms with van der Waals surface area (Å²) in [5, 5.41) is 0.730. The maximum absolute atomic E-state index is 12.6. The van der Waals surface area contributed by atoms with Crippen LogP contribution in [0.15, 0.2) is 55.1 Å². The Morgan fingerprint density at radius 1 is 1.13 bits per heavy atom. The van der Waals surface area contributed by atoms with Crippen LogP contribution < -0.4 is 14.4 Å². The number of benzene rings is 2. The first-order chi connectivity index (χ1) is 14.5. The molecule has 0 spiro atoms. The zero-order valence-electron chi connectivity index (χ0n) is 17.4. The summed E-state index contributed by atoms with van der Waals surface area (Å²) < 4.78 is 10.9. The maximum Gasteiger partial charge on any atom is 0.246 e. The van der Waals surface area contributed by atoms with Crippen LogP contribution >= 0.6 is 11.6 Å². The van der Waals surface area contributed by atoms with Crippen LogP contribution in [-0.4, -0.2) is 50.7 Å². The minimum Gasteiger partial charge on any atom is -0.493 e. The number of carbonyl (C=O) groups is 1. The van der Waals surface area contributed by atoms with E-state index in [2.05, 4.69) is 18.4 Å². The van der Waals surface area contributed by atoms with Gasteiger partial charge in [-0.2, -0.15) is 0 Å². The van der Waals surface area contributed by atoms with Crippen LogP contribution in [0.3, 0.4) is 0 Å². The molecule has 1 aliphatic rings. The number of carbonyl (C=O) groups excluding carboxylic acids is 1. The Morgan fingerprint density at radius 3 is 2.60 bits per heavy atom.